The molecule has 1 N–H and O–H groups in total. The molecule has 0 saturated carbocycles. The molecule has 0 radical (unpaired) electrons. The van der Waals surface area contributed by atoms with Gasteiger partial charge in [-0.2, -0.15) is 9.97 Å². The van der Waals surface area contributed by atoms with E-state index in [4.69, 9.17) is 26.1 Å². The number of nitrogens with zero attached hydrogens (tertiary/aromatic N) is 5. The number of ether oxygens (including phenoxy) is 2. The van der Waals surface area contributed by atoms with Crippen molar-refractivity contribution >= 4 is 45.2 Å². The molecule has 1 unspecified atom stereocenters. The molecule has 264 valence electrons. The summed E-state index contributed by atoms with van der Waals surface area (Å²) in [4.78, 5) is 28.3. The van der Waals surface area contributed by atoms with Gasteiger partial charge in [-0.1, -0.05) is 35.9 Å². The predicted molar refractivity (Wildman–Crippen MR) is 185 cm³/mol. The van der Waals surface area contributed by atoms with Gasteiger partial charge in [-0.3, -0.25) is 4.90 Å². The van der Waals surface area contributed by atoms with E-state index in [1.165, 1.54) is 12.1 Å². The Labute approximate surface area is 292 Å². The number of aromatic nitrogens is 2. The number of phenols is 1. The first kappa shape index (κ1) is 33.1. The molecule has 5 fully saturated rings. The molecule has 6 heterocycles. The van der Waals surface area contributed by atoms with E-state index in [2.05, 4.69) is 9.88 Å². The van der Waals surface area contributed by atoms with Crippen LogP contribution < -0.4 is 9.64 Å². The summed E-state index contributed by atoms with van der Waals surface area (Å²) < 4.78 is 59.8. The van der Waals surface area contributed by atoms with E-state index < -0.39 is 35.0 Å². The smallest absolute Gasteiger partial charge is 0.410 e. The van der Waals surface area contributed by atoms with Crippen LogP contribution in [0.3, 0.4) is 0 Å². The van der Waals surface area contributed by atoms with Crippen LogP contribution in [0.25, 0.3) is 32.8 Å². The van der Waals surface area contributed by atoms with Crippen LogP contribution in [0.2, 0.25) is 5.02 Å². The van der Waals surface area contributed by atoms with E-state index in [-0.39, 0.29) is 57.5 Å². The number of rotatable bonds is 5. The zero-order valence-corrected chi connectivity index (χ0v) is 28.9. The number of piperazine rings is 1. The molecule has 2 bridgehead atoms. The predicted octanol–water partition coefficient (Wildman–Crippen LogP) is 7.63. The lowest BCUT2D eigenvalue weighted by Gasteiger charge is -2.51. The monoisotopic (exact) mass is 709 g/mol. The summed E-state index contributed by atoms with van der Waals surface area (Å²) in [5.41, 5.74) is -1.56. The second-order valence-corrected chi connectivity index (χ2v) is 15.5. The number of benzene rings is 3. The van der Waals surface area contributed by atoms with Crippen molar-refractivity contribution in [3.05, 3.63) is 53.1 Å². The fraction of sp³-hybridized carbons (Fsp3) is 0.486. The van der Waals surface area contributed by atoms with Crippen molar-refractivity contribution in [3.63, 3.8) is 0 Å². The van der Waals surface area contributed by atoms with Crippen molar-refractivity contribution in [2.45, 2.75) is 82.3 Å². The molecule has 5 aliphatic rings. The normalized spacial score (nSPS) is 25.1. The maximum atomic E-state index is 17.0. The summed E-state index contributed by atoms with van der Waals surface area (Å²) in [6, 6.07) is 8.80. The highest BCUT2D eigenvalue weighted by Gasteiger charge is 2.50. The number of aromatic hydroxyl groups is 1. The van der Waals surface area contributed by atoms with Gasteiger partial charge in [0.05, 0.1) is 22.2 Å². The lowest BCUT2D eigenvalue weighted by atomic mass is 9.90. The average molecular weight is 710 g/mol. The second kappa shape index (κ2) is 12.0. The number of amides is 1. The fourth-order valence-corrected chi connectivity index (χ4v) is 8.72. The van der Waals surface area contributed by atoms with Crippen LogP contribution >= 0.6 is 11.6 Å². The Balaban J connectivity index is 1.24. The van der Waals surface area contributed by atoms with Crippen LogP contribution in [-0.2, 0) is 4.74 Å². The van der Waals surface area contributed by atoms with E-state index >= 15 is 8.78 Å². The number of piperidine rings is 2. The number of carbonyl (C=O) groups excluding carboxylic acids is 1. The van der Waals surface area contributed by atoms with Crippen LogP contribution in [-0.4, -0.2) is 93.1 Å². The molecule has 50 heavy (non-hydrogen) atoms. The highest BCUT2D eigenvalue weighted by molar-refractivity contribution is 6.37. The van der Waals surface area contributed by atoms with Crippen LogP contribution in [0.15, 0.2) is 36.4 Å². The van der Waals surface area contributed by atoms with Gasteiger partial charge in [0.1, 0.15) is 41.3 Å². The first-order valence-electron chi connectivity index (χ1n) is 17.2. The molecule has 1 aromatic heterocycles. The number of alkyl halides is 1. The standard InChI is InChI=1S/C37H39ClF3N5O4/c1-36(2,3)50-35(48)46-18-21-9-10-22(46)17-45(21)33-26-13-27(40)29(25-14-28(47)30(38)24-8-5-4-7-23(24)25)31(41)32(26)42-34(43-33)49-19-37-11-6-12-44(37)16-20(39)15-37/h4-5,7-8,13-14,20-22,47H,6,9-12,15-19H2,1-3H3/t20-,21+,22?,37+/m1/s1. The highest BCUT2D eigenvalue weighted by atomic mass is 35.5. The molecule has 4 aromatic rings. The van der Waals surface area contributed by atoms with Crippen LogP contribution in [0.5, 0.6) is 11.8 Å². The summed E-state index contributed by atoms with van der Waals surface area (Å²) in [5.74, 6) is -1.82. The molecule has 1 amide bonds. The summed E-state index contributed by atoms with van der Waals surface area (Å²) >= 11 is 6.38. The molecule has 4 atom stereocenters. The van der Waals surface area contributed by atoms with Gasteiger partial charge in [-0.15, -0.1) is 0 Å². The number of halogens is 4. The minimum atomic E-state index is -0.961. The molecule has 5 saturated heterocycles. The minimum Gasteiger partial charge on any atom is -0.506 e. The van der Waals surface area contributed by atoms with Gasteiger partial charge >= 0.3 is 12.1 Å². The van der Waals surface area contributed by atoms with Crippen molar-refractivity contribution in [1.82, 2.24) is 19.8 Å². The van der Waals surface area contributed by atoms with Gasteiger partial charge in [0.25, 0.3) is 0 Å². The van der Waals surface area contributed by atoms with Gasteiger partial charge in [0.2, 0.25) is 0 Å². The number of carbonyl (C=O) groups is 1. The molecule has 0 spiro atoms. The van der Waals surface area contributed by atoms with Gasteiger partial charge in [-0.05, 0) is 76.1 Å². The molecular formula is C37H39ClF3N5O4. The molecule has 3 aromatic carbocycles. The molecule has 9 rings (SSSR count). The van der Waals surface area contributed by atoms with E-state index in [1.807, 2.05) is 25.7 Å². The van der Waals surface area contributed by atoms with Crippen LogP contribution in [0.4, 0.5) is 23.8 Å². The maximum absolute atomic E-state index is 17.0. The second-order valence-electron chi connectivity index (χ2n) is 15.1. The number of anilines is 1. The van der Waals surface area contributed by atoms with E-state index in [0.717, 1.165) is 32.2 Å². The first-order valence-corrected chi connectivity index (χ1v) is 17.6. The summed E-state index contributed by atoms with van der Waals surface area (Å²) in [6.45, 7) is 7.45. The van der Waals surface area contributed by atoms with Gasteiger partial charge in [0.15, 0.2) is 5.82 Å². The summed E-state index contributed by atoms with van der Waals surface area (Å²) in [7, 11) is 0. The Morgan fingerprint density at radius 3 is 2.56 bits per heavy atom. The third-order valence-corrected chi connectivity index (χ3v) is 11.1. The van der Waals surface area contributed by atoms with Gasteiger partial charge < -0.3 is 24.4 Å². The minimum absolute atomic E-state index is 0.0783. The Hall–Kier alpha value is -4.03. The van der Waals surface area contributed by atoms with E-state index in [9.17, 15) is 14.3 Å². The number of hydrogen-bond acceptors (Lipinski definition) is 8. The molecular weight excluding hydrogens is 671 g/mol. The molecule has 13 heteroatoms. The average Bonchev–Trinajstić information content (AvgIpc) is 3.61. The Bertz CT molecular complexity index is 2030. The van der Waals surface area contributed by atoms with Gasteiger partial charge in [-0.25, -0.2) is 18.0 Å². The van der Waals surface area contributed by atoms with Gasteiger partial charge in [0, 0.05) is 42.9 Å². The fourth-order valence-electron chi connectivity index (χ4n) is 8.50. The van der Waals surface area contributed by atoms with Crippen molar-refractivity contribution in [2.24, 2.45) is 0 Å². The molecule has 0 aliphatic carbocycles. The van der Waals surface area contributed by atoms with Crippen molar-refractivity contribution in [3.8, 4) is 22.9 Å². The lowest BCUT2D eigenvalue weighted by Crippen LogP contribution is -2.64. The zero-order chi connectivity index (χ0) is 35.1. The molecule has 9 nitrogen and oxygen atoms in total. The Morgan fingerprint density at radius 2 is 1.82 bits per heavy atom. The molecule has 5 aliphatic heterocycles. The highest BCUT2D eigenvalue weighted by Crippen LogP contribution is 2.45. The first-order chi connectivity index (χ1) is 23.8. The Morgan fingerprint density at radius 1 is 1.06 bits per heavy atom. The number of phenolic OH excluding ortho intramolecular Hbond substituents is 1. The van der Waals surface area contributed by atoms with E-state index in [0.29, 0.717) is 42.6 Å². The Kier molecular flexibility index (Phi) is 7.98. The van der Waals surface area contributed by atoms with Crippen LogP contribution in [0.1, 0.15) is 52.9 Å². The number of fused-ring (bicyclic) bond motifs is 6. The third kappa shape index (κ3) is 5.55. The zero-order valence-electron chi connectivity index (χ0n) is 28.2. The third-order valence-electron chi connectivity index (χ3n) is 10.7. The van der Waals surface area contributed by atoms with Crippen molar-refractivity contribution in [1.29, 1.82) is 0 Å². The summed E-state index contributed by atoms with van der Waals surface area (Å²) in [5, 5.41) is 11.8. The quantitative estimate of drug-likeness (QED) is 0.226. The largest absolute Gasteiger partial charge is 0.506 e. The maximum Gasteiger partial charge on any atom is 0.410 e. The lowest BCUT2D eigenvalue weighted by molar-refractivity contribution is 0.000791. The topological polar surface area (TPSA) is 91.3 Å². The SMILES string of the molecule is CC(C)(C)OC(=O)N1C[C@@H]2CCC1CN2c1nc(OC[C@@]23CCCN2C[C@H](F)C3)nc2c(F)c(-c3cc(O)c(Cl)c4ccccc34)c(F)cc12. The van der Waals surface area contributed by atoms with Crippen molar-refractivity contribution in [2.75, 3.05) is 37.7 Å². The van der Waals surface area contributed by atoms with Crippen LogP contribution in [0, 0.1) is 11.6 Å². The van der Waals surface area contributed by atoms with E-state index in [1.54, 1.807) is 29.2 Å². The summed E-state index contributed by atoms with van der Waals surface area (Å²) in [6.07, 6.45) is 2.14. The number of hydrogen-bond donors (Lipinski definition) is 1. The van der Waals surface area contributed by atoms with Crippen molar-refractivity contribution < 1.29 is 32.5 Å².